The molecule has 2 aromatic rings. The maximum atomic E-state index is 7.90. The smallest absolute Gasteiger partial charge is 0.121 e. The molecule has 0 bridgehead atoms. The average Bonchev–Trinajstić information content (AvgIpc) is 2.56. The summed E-state index contributed by atoms with van der Waals surface area (Å²) in [7, 11) is 0. The Balaban J connectivity index is 1.85. The monoisotopic (exact) mass is 289 g/mol. The molecule has 22 heavy (non-hydrogen) atoms. The van der Waals surface area contributed by atoms with E-state index in [4.69, 9.17) is 11.1 Å². The highest BCUT2D eigenvalue weighted by atomic mass is 15.1. The highest BCUT2D eigenvalue weighted by Gasteiger charge is 2.17. The second-order valence-corrected chi connectivity index (χ2v) is 5.38. The van der Waals surface area contributed by atoms with E-state index in [2.05, 4.69) is 41.4 Å². The molecule has 1 aliphatic heterocycles. The Morgan fingerprint density at radius 2 is 1.64 bits per heavy atom. The summed E-state index contributed by atoms with van der Waals surface area (Å²) in [5.74, 6) is 0.140. The molecule has 1 aliphatic rings. The van der Waals surface area contributed by atoms with Gasteiger partial charge in [-0.15, -0.1) is 0 Å². The summed E-state index contributed by atoms with van der Waals surface area (Å²) in [6.45, 7) is 1.47. The van der Waals surface area contributed by atoms with Crippen molar-refractivity contribution in [3.63, 3.8) is 0 Å². The molecule has 110 valence electrons. The van der Waals surface area contributed by atoms with Gasteiger partial charge < -0.3 is 10.6 Å². The fourth-order valence-electron chi connectivity index (χ4n) is 2.67. The van der Waals surface area contributed by atoms with Crippen molar-refractivity contribution in [2.24, 2.45) is 5.73 Å². The van der Waals surface area contributed by atoms with Crippen molar-refractivity contribution in [1.29, 1.82) is 5.41 Å². The first kappa shape index (κ1) is 14.1. The van der Waals surface area contributed by atoms with Gasteiger partial charge in [-0.2, -0.15) is 0 Å². The molecular weight excluding hydrogens is 270 g/mol. The largest absolute Gasteiger partial charge is 0.384 e. The van der Waals surface area contributed by atoms with E-state index in [9.17, 15) is 0 Å². The average molecular weight is 289 g/mol. The fraction of sp³-hybridized carbons (Fsp3) is 0.105. The lowest BCUT2D eigenvalue weighted by Crippen LogP contribution is -2.29. The van der Waals surface area contributed by atoms with Crippen LogP contribution in [-0.2, 0) is 6.54 Å². The van der Waals surface area contributed by atoms with E-state index in [1.165, 1.54) is 5.56 Å². The number of amidine groups is 1. The van der Waals surface area contributed by atoms with Gasteiger partial charge in [-0.1, -0.05) is 60.7 Å². The van der Waals surface area contributed by atoms with Crippen molar-refractivity contribution in [3.05, 3.63) is 89.6 Å². The molecule has 0 fully saturated rings. The fourth-order valence-corrected chi connectivity index (χ4v) is 2.67. The molecule has 0 aliphatic carbocycles. The van der Waals surface area contributed by atoms with Crippen LogP contribution >= 0.6 is 0 Å². The summed E-state index contributed by atoms with van der Waals surface area (Å²) < 4.78 is 0. The minimum atomic E-state index is 0.140. The normalized spacial score (nSPS) is 14.3. The van der Waals surface area contributed by atoms with Crippen LogP contribution < -0.4 is 5.73 Å². The van der Waals surface area contributed by atoms with E-state index in [0.717, 1.165) is 23.3 Å². The van der Waals surface area contributed by atoms with Gasteiger partial charge in [0, 0.05) is 24.9 Å². The molecule has 3 rings (SSSR count). The number of nitrogens with two attached hydrogens (primary N) is 1. The van der Waals surface area contributed by atoms with E-state index in [0.29, 0.717) is 6.54 Å². The maximum absolute atomic E-state index is 7.90. The lowest BCUT2D eigenvalue weighted by Gasteiger charge is -2.27. The number of benzene rings is 2. The molecule has 0 aromatic heterocycles. The van der Waals surface area contributed by atoms with Crippen LogP contribution in [-0.4, -0.2) is 17.3 Å². The van der Waals surface area contributed by atoms with Crippen LogP contribution in [0.15, 0.2) is 78.5 Å². The zero-order chi connectivity index (χ0) is 15.4. The Hall–Kier alpha value is -2.81. The topological polar surface area (TPSA) is 53.1 Å². The van der Waals surface area contributed by atoms with Gasteiger partial charge in [0.2, 0.25) is 0 Å². The van der Waals surface area contributed by atoms with E-state index in [1.54, 1.807) is 0 Å². The predicted molar refractivity (Wildman–Crippen MR) is 91.3 cm³/mol. The highest BCUT2D eigenvalue weighted by molar-refractivity contribution is 6.04. The van der Waals surface area contributed by atoms with E-state index >= 15 is 0 Å². The minimum absolute atomic E-state index is 0.140. The number of nitrogens with one attached hydrogen (secondary N) is 1. The molecule has 0 unspecified atom stereocenters. The molecule has 3 heteroatoms. The third-order valence-electron chi connectivity index (χ3n) is 3.78. The second-order valence-electron chi connectivity index (χ2n) is 5.38. The quantitative estimate of drug-likeness (QED) is 0.669. The van der Waals surface area contributed by atoms with Crippen molar-refractivity contribution in [2.75, 3.05) is 6.54 Å². The summed E-state index contributed by atoms with van der Waals surface area (Å²) in [5.41, 5.74) is 10.1. The van der Waals surface area contributed by atoms with Gasteiger partial charge in [0.25, 0.3) is 0 Å². The maximum Gasteiger partial charge on any atom is 0.121 e. The number of rotatable bonds is 4. The van der Waals surface area contributed by atoms with Gasteiger partial charge in [0.15, 0.2) is 0 Å². The Labute approximate surface area is 130 Å². The molecule has 3 N–H and O–H groups in total. The number of hydrogen-bond acceptors (Lipinski definition) is 2. The van der Waals surface area contributed by atoms with Crippen LogP contribution in [0, 0.1) is 5.41 Å². The second kappa shape index (κ2) is 6.31. The van der Waals surface area contributed by atoms with Crippen molar-refractivity contribution in [3.8, 4) is 0 Å². The van der Waals surface area contributed by atoms with E-state index in [1.807, 2.05) is 36.4 Å². The molecule has 1 heterocycles. The zero-order valence-corrected chi connectivity index (χ0v) is 12.4. The Morgan fingerprint density at radius 1 is 1.00 bits per heavy atom. The first-order chi connectivity index (χ1) is 10.7. The van der Waals surface area contributed by atoms with Crippen LogP contribution in [0.2, 0.25) is 0 Å². The summed E-state index contributed by atoms with van der Waals surface area (Å²) >= 11 is 0. The van der Waals surface area contributed by atoms with Crippen molar-refractivity contribution >= 4 is 11.4 Å². The third-order valence-corrected chi connectivity index (χ3v) is 3.78. The molecule has 2 aromatic carbocycles. The molecule has 0 saturated carbocycles. The number of allylic oxidation sites excluding steroid dienone is 2. The van der Waals surface area contributed by atoms with E-state index in [-0.39, 0.29) is 5.84 Å². The van der Waals surface area contributed by atoms with Gasteiger partial charge >= 0.3 is 0 Å². The Morgan fingerprint density at radius 3 is 2.27 bits per heavy atom. The zero-order valence-electron chi connectivity index (χ0n) is 12.4. The van der Waals surface area contributed by atoms with Gasteiger partial charge in [0.05, 0.1) is 0 Å². The van der Waals surface area contributed by atoms with Crippen LogP contribution in [0.3, 0.4) is 0 Å². The van der Waals surface area contributed by atoms with Crippen molar-refractivity contribution in [2.45, 2.75) is 6.54 Å². The molecule has 0 spiro atoms. The van der Waals surface area contributed by atoms with Crippen LogP contribution in [0.1, 0.15) is 11.1 Å². The van der Waals surface area contributed by atoms with Gasteiger partial charge in [-0.25, -0.2) is 0 Å². The molecule has 0 saturated heterocycles. The van der Waals surface area contributed by atoms with Gasteiger partial charge in [-0.05, 0) is 22.8 Å². The summed E-state index contributed by atoms with van der Waals surface area (Å²) in [6.07, 6.45) is 4.14. The van der Waals surface area contributed by atoms with Gasteiger partial charge in [0.1, 0.15) is 5.84 Å². The Kier molecular flexibility index (Phi) is 4.05. The van der Waals surface area contributed by atoms with Crippen molar-refractivity contribution in [1.82, 2.24) is 4.90 Å². The van der Waals surface area contributed by atoms with Crippen LogP contribution in [0.4, 0.5) is 0 Å². The van der Waals surface area contributed by atoms with Crippen LogP contribution in [0.25, 0.3) is 5.57 Å². The predicted octanol–water partition coefficient (Wildman–Crippen LogP) is 3.41. The summed E-state index contributed by atoms with van der Waals surface area (Å²) in [4.78, 5) is 2.18. The van der Waals surface area contributed by atoms with Crippen molar-refractivity contribution < 1.29 is 0 Å². The van der Waals surface area contributed by atoms with E-state index < -0.39 is 0 Å². The standard InChI is InChI=1S/C19H19N3/c20-19(21)18-14-22(13-15-7-3-1-4-8-15)12-11-17(18)16-9-5-2-6-10-16/h1-12H,13-14H2,(H3,20,21). The SMILES string of the molecule is N=C(N)C1=C(c2ccccc2)C=CN(Cc2ccccc2)C1. The molecule has 0 radical (unpaired) electrons. The minimum Gasteiger partial charge on any atom is -0.384 e. The summed E-state index contributed by atoms with van der Waals surface area (Å²) in [5, 5.41) is 7.90. The first-order valence-electron chi connectivity index (χ1n) is 7.33. The lowest BCUT2D eigenvalue weighted by atomic mass is 9.96. The van der Waals surface area contributed by atoms with Gasteiger partial charge in [-0.3, -0.25) is 5.41 Å². The first-order valence-corrected chi connectivity index (χ1v) is 7.33. The summed E-state index contributed by atoms with van der Waals surface area (Å²) in [6, 6.07) is 20.4. The molecule has 0 atom stereocenters. The number of hydrogen-bond donors (Lipinski definition) is 2. The molecular formula is C19H19N3. The molecule has 0 amide bonds. The number of nitrogens with zero attached hydrogens (tertiary/aromatic N) is 1. The van der Waals surface area contributed by atoms with Crippen LogP contribution in [0.5, 0.6) is 0 Å². The lowest BCUT2D eigenvalue weighted by molar-refractivity contribution is 0.401. The third kappa shape index (κ3) is 3.09. The highest BCUT2D eigenvalue weighted by Crippen LogP contribution is 2.25. The Bertz CT molecular complexity index is 715. The molecule has 3 nitrogen and oxygen atoms in total.